The summed E-state index contributed by atoms with van der Waals surface area (Å²) in [5.41, 5.74) is -0.912. The summed E-state index contributed by atoms with van der Waals surface area (Å²) in [5, 5.41) is 13.5. The van der Waals surface area contributed by atoms with Crippen molar-refractivity contribution in [1.82, 2.24) is 10.6 Å². The zero-order valence-electron chi connectivity index (χ0n) is 21.2. The fraction of sp³-hybridized carbons (Fsp3) is 0.905. The zero-order valence-corrected chi connectivity index (χ0v) is 22.7. The van der Waals surface area contributed by atoms with Crippen molar-refractivity contribution in [2.45, 2.75) is 73.5 Å². The van der Waals surface area contributed by atoms with Crippen molar-refractivity contribution >= 4 is 31.9 Å². The van der Waals surface area contributed by atoms with Crippen LogP contribution in [0.4, 0.5) is 9.59 Å². The van der Waals surface area contributed by atoms with Crippen molar-refractivity contribution in [3.8, 4) is 0 Å². The molecule has 34 heavy (non-hydrogen) atoms. The van der Waals surface area contributed by atoms with Gasteiger partial charge in [0.2, 0.25) is 9.05 Å². The van der Waals surface area contributed by atoms with E-state index in [0.29, 0.717) is 26.3 Å². The maximum absolute atomic E-state index is 11.1. The Morgan fingerprint density at radius 2 is 1.15 bits per heavy atom. The topological polar surface area (TPSA) is 149 Å². The van der Waals surface area contributed by atoms with Crippen molar-refractivity contribution in [2.24, 2.45) is 0 Å². The molecule has 0 aromatic rings. The largest absolute Gasteiger partial charge is 0.444 e. The number of rotatable bonds is 10. The third-order valence-corrected chi connectivity index (χ3v) is 2.41. The van der Waals surface area contributed by atoms with Crippen LogP contribution < -0.4 is 10.6 Å². The predicted octanol–water partition coefficient (Wildman–Crippen LogP) is 3.28. The number of hydrogen-bond donors (Lipinski definition) is 3. The molecule has 0 saturated heterocycles. The molecule has 13 heteroatoms. The highest BCUT2D eigenvalue weighted by Crippen LogP contribution is 2.06. The van der Waals surface area contributed by atoms with Gasteiger partial charge in [0.15, 0.2) is 0 Å². The third-order valence-electron chi connectivity index (χ3n) is 2.41. The Morgan fingerprint density at radius 1 is 0.824 bits per heavy atom. The van der Waals surface area contributed by atoms with Gasteiger partial charge in [0.1, 0.15) is 11.2 Å². The molecule has 0 aliphatic heterocycles. The van der Waals surface area contributed by atoms with Crippen molar-refractivity contribution in [3.05, 3.63) is 0 Å². The van der Waals surface area contributed by atoms with Crippen molar-refractivity contribution < 1.29 is 42.1 Å². The molecule has 0 rings (SSSR count). The molecule has 11 nitrogen and oxygen atoms in total. The van der Waals surface area contributed by atoms with Gasteiger partial charge in [-0.1, -0.05) is 14.4 Å². The fourth-order valence-corrected chi connectivity index (χ4v) is 1.49. The van der Waals surface area contributed by atoms with Gasteiger partial charge in [-0.25, -0.2) is 18.0 Å². The number of halogens is 1. The third kappa shape index (κ3) is 52.5. The lowest BCUT2D eigenvalue weighted by molar-refractivity contribution is 0.0479. The Kier molecular flexibility index (Phi) is 26.0. The van der Waals surface area contributed by atoms with Gasteiger partial charge in [-0.2, -0.15) is 0 Å². The molecule has 0 heterocycles. The Hall–Kier alpha value is -1.34. The van der Waals surface area contributed by atoms with Gasteiger partial charge in [-0.05, 0) is 48.0 Å². The first-order valence-electron chi connectivity index (χ1n) is 10.5. The number of amides is 2. The van der Waals surface area contributed by atoms with E-state index in [-0.39, 0.29) is 20.6 Å². The van der Waals surface area contributed by atoms with Gasteiger partial charge in [-0.3, -0.25) is 0 Å². The number of ether oxygens (including phenoxy) is 4. The summed E-state index contributed by atoms with van der Waals surface area (Å²) >= 11 is 0. The van der Waals surface area contributed by atoms with Crippen LogP contribution in [0.3, 0.4) is 0 Å². The molecule has 0 bridgehead atoms. The van der Waals surface area contributed by atoms with Crippen LogP contribution in [-0.2, 0) is 28.0 Å². The normalized spacial score (nSPS) is 10.9. The molecule has 0 aromatic heterocycles. The molecular weight excluding hydrogens is 492 g/mol. The highest BCUT2D eigenvalue weighted by molar-refractivity contribution is 8.13. The summed E-state index contributed by atoms with van der Waals surface area (Å²) in [7, 11) is 1.31. The number of hydrogen-bond acceptors (Lipinski definition) is 9. The van der Waals surface area contributed by atoms with Crippen LogP contribution in [0.15, 0.2) is 0 Å². The Bertz CT molecular complexity index is 558. The Balaban J connectivity index is -0.000000216. The van der Waals surface area contributed by atoms with E-state index in [1.165, 1.54) is 0 Å². The summed E-state index contributed by atoms with van der Waals surface area (Å²) in [5.74, 6) is 0. The first-order chi connectivity index (χ1) is 14.9. The van der Waals surface area contributed by atoms with E-state index in [1.54, 1.807) is 20.8 Å². The summed E-state index contributed by atoms with van der Waals surface area (Å²) < 4.78 is 39.0. The van der Waals surface area contributed by atoms with Gasteiger partial charge in [-0.15, -0.1) is 0 Å². The van der Waals surface area contributed by atoms with Crippen LogP contribution >= 0.6 is 10.7 Å². The lowest BCUT2D eigenvalue weighted by Gasteiger charge is -2.19. The Morgan fingerprint density at radius 3 is 1.41 bits per heavy atom. The fourth-order valence-electron chi connectivity index (χ4n) is 1.49. The quantitative estimate of drug-likeness (QED) is 0.281. The molecular formula is C21H47ClN2O9S. The van der Waals surface area contributed by atoms with Crippen molar-refractivity contribution in [2.75, 3.05) is 52.4 Å². The lowest BCUT2D eigenvalue weighted by atomic mass is 10.2. The second kappa shape index (κ2) is 22.1. The maximum Gasteiger partial charge on any atom is 0.407 e. The first kappa shape index (κ1) is 39.9. The summed E-state index contributed by atoms with van der Waals surface area (Å²) in [6.45, 7) is 15.7. The molecule has 0 spiro atoms. The van der Waals surface area contributed by atoms with E-state index >= 15 is 0 Å². The van der Waals surface area contributed by atoms with Crippen LogP contribution in [0.2, 0.25) is 0 Å². The van der Waals surface area contributed by atoms with Crippen molar-refractivity contribution in [1.29, 1.82) is 0 Å². The summed E-state index contributed by atoms with van der Waals surface area (Å²) in [6.07, 6.45) is 1.07. The molecule has 0 saturated carbocycles. The maximum atomic E-state index is 11.1. The van der Waals surface area contributed by atoms with E-state index in [4.69, 9.17) is 24.1 Å². The summed E-state index contributed by atoms with van der Waals surface area (Å²) in [4.78, 5) is 22.2. The molecule has 0 unspecified atom stereocenters. The molecule has 208 valence electrons. The average Bonchev–Trinajstić information content (AvgIpc) is 2.57. The number of alkyl carbamates (subject to hydrolysis) is 2. The first-order valence-corrected chi connectivity index (χ1v) is 13.2. The number of carbonyl (C=O) groups is 2. The molecule has 2 amide bonds. The van der Waals surface area contributed by atoms with E-state index in [2.05, 4.69) is 21.3 Å². The molecule has 0 fully saturated rings. The number of aliphatic hydroxyl groups excluding tert-OH is 1. The average molecular weight is 539 g/mol. The number of aliphatic hydroxyl groups is 1. The minimum absolute atomic E-state index is 0. The van der Waals surface area contributed by atoms with Crippen molar-refractivity contribution in [3.63, 3.8) is 0 Å². The Labute approximate surface area is 210 Å². The lowest BCUT2D eigenvalue weighted by Crippen LogP contribution is -2.34. The molecule has 0 aliphatic carbocycles. The van der Waals surface area contributed by atoms with Crippen LogP contribution in [0.5, 0.6) is 0 Å². The highest BCUT2D eigenvalue weighted by atomic mass is 35.7. The van der Waals surface area contributed by atoms with Crippen LogP contribution in [-0.4, -0.2) is 89.3 Å². The molecule has 3 N–H and O–H groups in total. The van der Waals surface area contributed by atoms with Crippen LogP contribution in [0.25, 0.3) is 0 Å². The molecule has 0 atom stereocenters. The second-order valence-corrected chi connectivity index (χ2v) is 11.5. The van der Waals surface area contributed by atoms with Gasteiger partial charge < -0.3 is 34.7 Å². The minimum atomic E-state index is -3.19. The number of nitrogens with one attached hydrogen (secondary N) is 2. The van der Waals surface area contributed by atoms with Crippen LogP contribution in [0.1, 0.15) is 62.3 Å². The van der Waals surface area contributed by atoms with E-state index in [0.717, 1.165) is 19.3 Å². The van der Waals surface area contributed by atoms with Gasteiger partial charge in [0.05, 0.1) is 32.7 Å². The second-order valence-electron chi connectivity index (χ2n) is 8.49. The predicted molar refractivity (Wildman–Crippen MR) is 135 cm³/mol. The van der Waals surface area contributed by atoms with Gasteiger partial charge in [0.25, 0.3) is 0 Å². The highest BCUT2D eigenvalue weighted by Gasteiger charge is 2.16. The van der Waals surface area contributed by atoms with E-state index in [9.17, 15) is 18.0 Å². The van der Waals surface area contributed by atoms with Gasteiger partial charge in [0, 0.05) is 30.4 Å². The van der Waals surface area contributed by atoms with E-state index in [1.807, 2.05) is 27.7 Å². The zero-order chi connectivity index (χ0) is 26.6. The van der Waals surface area contributed by atoms with E-state index < -0.39 is 32.4 Å². The summed E-state index contributed by atoms with van der Waals surface area (Å²) in [6, 6.07) is 0. The molecule has 0 aromatic carbocycles. The SMILES string of the molecule is C.CC(C)(C)OC(=O)NCCOCCO.CCCOCCNC(=O)OC(C)(C)C.CS(=O)(=O)Cl. The monoisotopic (exact) mass is 538 g/mol. The van der Waals surface area contributed by atoms with Gasteiger partial charge >= 0.3 is 12.2 Å². The standard InChI is InChI=1S/C10H21NO3.C9H19NO4.CH3ClO2S.CH4/c1-5-7-13-8-6-11-9(12)14-10(2,3)4;1-9(2,3)14-8(12)10-4-6-13-7-5-11;1-5(2,3)4;/h5-8H2,1-4H3,(H,11,12);11H,4-7H2,1-3H3,(H,10,12);1H3;1H4. The molecule has 0 aliphatic rings. The smallest absolute Gasteiger partial charge is 0.407 e. The number of carbonyl (C=O) groups excluding carboxylic acids is 2. The minimum Gasteiger partial charge on any atom is -0.444 e. The van der Waals surface area contributed by atoms with Crippen LogP contribution in [0, 0.1) is 0 Å². The molecule has 0 radical (unpaired) electrons.